The highest BCUT2D eigenvalue weighted by molar-refractivity contribution is 6.17. The van der Waals surface area contributed by atoms with Crippen molar-refractivity contribution in [1.82, 2.24) is 9.55 Å². The molecule has 12 aromatic rings. The normalized spacial score (nSPS) is 12.0. The van der Waals surface area contributed by atoms with Crippen LogP contribution in [0.1, 0.15) is 0 Å². The van der Waals surface area contributed by atoms with E-state index in [1.807, 2.05) is 54.6 Å². The molecule has 0 radical (unpaired) electrons. The molecule has 0 spiro atoms. The third kappa shape index (κ3) is 4.46. The first-order chi connectivity index (χ1) is 27.3. The van der Waals surface area contributed by atoms with Crippen LogP contribution in [-0.2, 0) is 0 Å². The smallest absolute Gasteiger partial charge is 0.227 e. The number of rotatable bonds is 5. The van der Waals surface area contributed by atoms with Gasteiger partial charge in [0, 0.05) is 49.9 Å². The minimum absolute atomic E-state index is 0.586. The Hall–Kier alpha value is -7.57. The fraction of sp³-hybridized carbons (Fsp3) is 0. The Morgan fingerprint density at radius 1 is 0.436 bits per heavy atom. The van der Waals surface area contributed by atoms with Gasteiger partial charge in [-0.2, -0.15) is 0 Å². The fourth-order valence-electron chi connectivity index (χ4n) is 8.37. The molecule has 12 rings (SSSR count). The van der Waals surface area contributed by atoms with Crippen molar-refractivity contribution >= 4 is 93.8 Å². The summed E-state index contributed by atoms with van der Waals surface area (Å²) in [7, 11) is 0. The lowest BCUT2D eigenvalue weighted by atomic mass is 10.1. The van der Waals surface area contributed by atoms with Crippen LogP contribution in [-0.4, -0.2) is 9.55 Å². The minimum atomic E-state index is 0.586. The summed E-state index contributed by atoms with van der Waals surface area (Å²) in [6.45, 7) is 0. The molecule has 6 nitrogen and oxygen atoms in total. The maximum absolute atomic E-state index is 6.67. The van der Waals surface area contributed by atoms with E-state index in [2.05, 4.69) is 131 Å². The van der Waals surface area contributed by atoms with Crippen molar-refractivity contribution in [3.8, 4) is 17.1 Å². The molecule has 0 fully saturated rings. The van der Waals surface area contributed by atoms with Gasteiger partial charge in [0.25, 0.3) is 0 Å². The van der Waals surface area contributed by atoms with E-state index in [-0.39, 0.29) is 0 Å². The van der Waals surface area contributed by atoms with Crippen molar-refractivity contribution in [3.05, 3.63) is 176 Å². The average Bonchev–Trinajstić information content (AvgIpc) is 4.02. The van der Waals surface area contributed by atoms with Crippen molar-refractivity contribution in [2.75, 3.05) is 4.90 Å². The van der Waals surface area contributed by atoms with Gasteiger partial charge in [-0.1, -0.05) is 91.0 Å². The number of nitrogens with zero attached hydrogens (tertiary/aromatic N) is 3. The molecule has 4 heterocycles. The van der Waals surface area contributed by atoms with Gasteiger partial charge in [-0.15, -0.1) is 0 Å². The zero-order valence-corrected chi connectivity index (χ0v) is 29.3. The van der Waals surface area contributed by atoms with Crippen LogP contribution in [0.2, 0.25) is 0 Å². The Morgan fingerprint density at radius 3 is 2.02 bits per heavy atom. The summed E-state index contributed by atoms with van der Waals surface area (Å²) in [5.74, 6) is 0.586. The van der Waals surface area contributed by atoms with Crippen LogP contribution in [0.4, 0.5) is 17.1 Å². The maximum atomic E-state index is 6.67. The van der Waals surface area contributed by atoms with E-state index >= 15 is 0 Å². The molecule has 0 aliphatic rings. The van der Waals surface area contributed by atoms with Gasteiger partial charge >= 0.3 is 0 Å². The number of benzene rings is 8. The van der Waals surface area contributed by atoms with E-state index in [0.29, 0.717) is 11.5 Å². The highest BCUT2D eigenvalue weighted by atomic mass is 16.4. The molecule has 0 amide bonds. The Morgan fingerprint density at radius 2 is 1.15 bits per heavy atom. The van der Waals surface area contributed by atoms with E-state index in [1.54, 1.807) is 0 Å². The Kier molecular flexibility index (Phi) is 6.24. The third-order valence-electron chi connectivity index (χ3n) is 10.8. The monoisotopic (exact) mass is 707 g/mol. The van der Waals surface area contributed by atoms with Crippen LogP contribution in [0.5, 0.6) is 0 Å². The molecule has 0 saturated heterocycles. The van der Waals surface area contributed by atoms with Crippen LogP contribution >= 0.6 is 0 Å². The number of hydrogen-bond acceptors (Lipinski definition) is 5. The van der Waals surface area contributed by atoms with E-state index in [4.69, 9.17) is 18.2 Å². The number of para-hydroxylation sites is 4. The Balaban J connectivity index is 1.11. The van der Waals surface area contributed by atoms with Crippen molar-refractivity contribution in [3.63, 3.8) is 0 Å². The molecule has 6 heteroatoms. The quantitative estimate of drug-likeness (QED) is 0.178. The number of furan rings is 2. The molecule has 4 aromatic heterocycles. The molecule has 0 saturated carbocycles. The van der Waals surface area contributed by atoms with Crippen LogP contribution in [0.3, 0.4) is 0 Å². The van der Waals surface area contributed by atoms with E-state index in [1.165, 1.54) is 10.8 Å². The summed E-state index contributed by atoms with van der Waals surface area (Å²) < 4.78 is 22.1. The second-order valence-corrected chi connectivity index (χ2v) is 13.9. The van der Waals surface area contributed by atoms with Gasteiger partial charge in [0.05, 0.1) is 27.8 Å². The van der Waals surface area contributed by atoms with Gasteiger partial charge < -0.3 is 22.7 Å². The Labute approximate surface area is 313 Å². The van der Waals surface area contributed by atoms with Crippen molar-refractivity contribution in [1.29, 1.82) is 0 Å². The SMILES string of the molecule is c1ccc(-c2nc3ccc4oc5cc(N(c6ccc7c8ccccc8n(-c8ccccc8)c7c6)c6cccc7c6oc6ccccc67)ccc5c4c3o2)cc1. The standard InChI is InChI=1S/C49H29N3O3/c1-3-12-30(13-4-1)49-50-39-26-27-44-46(48(39)55-49)38-25-23-33(29-45(38)53-44)51(41-20-11-18-37-36-17-8-10-21-43(36)54-47(37)41)32-22-24-35-34-16-7-9-19-40(34)52(42(35)28-32)31-14-5-2-6-15-31/h1-29H. The first-order valence-corrected chi connectivity index (χ1v) is 18.4. The minimum Gasteiger partial charge on any atom is -0.456 e. The van der Waals surface area contributed by atoms with Crippen molar-refractivity contribution < 1.29 is 13.3 Å². The lowest BCUT2D eigenvalue weighted by Gasteiger charge is -2.26. The summed E-state index contributed by atoms with van der Waals surface area (Å²) >= 11 is 0. The lowest BCUT2D eigenvalue weighted by molar-refractivity contribution is 0.622. The van der Waals surface area contributed by atoms with Gasteiger partial charge in [0.2, 0.25) is 5.89 Å². The molecule has 258 valence electrons. The van der Waals surface area contributed by atoms with E-state index in [0.717, 1.165) is 88.7 Å². The second-order valence-electron chi connectivity index (χ2n) is 13.9. The van der Waals surface area contributed by atoms with E-state index in [9.17, 15) is 0 Å². The maximum Gasteiger partial charge on any atom is 0.227 e. The highest BCUT2D eigenvalue weighted by Gasteiger charge is 2.23. The van der Waals surface area contributed by atoms with Crippen LogP contribution in [0.25, 0.3) is 93.9 Å². The number of anilines is 3. The number of hydrogen-bond donors (Lipinski definition) is 0. The molecular weight excluding hydrogens is 679 g/mol. The second kappa shape index (κ2) is 11.5. The first kappa shape index (κ1) is 29.9. The predicted molar refractivity (Wildman–Crippen MR) is 223 cm³/mol. The molecule has 55 heavy (non-hydrogen) atoms. The highest BCUT2D eigenvalue weighted by Crippen LogP contribution is 2.46. The van der Waals surface area contributed by atoms with Gasteiger partial charge in [0.1, 0.15) is 22.3 Å². The van der Waals surface area contributed by atoms with Gasteiger partial charge in [-0.3, -0.25) is 0 Å². The third-order valence-corrected chi connectivity index (χ3v) is 10.8. The summed E-state index contributed by atoms with van der Waals surface area (Å²) in [6, 6.07) is 60.8. The average molecular weight is 708 g/mol. The largest absolute Gasteiger partial charge is 0.456 e. The summed E-state index contributed by atoms with van der Waals surface area (Å²) in [6.07, 6.45) is 0. The van der Waals surface area contributed by atoms with Gasteiger partial charge in [0.15, 0.2) is 11.2 Å². The fourth-order valence-corrected chi connectivity index (χ4v) is 8.37. The zero-order valence-electron chi connectivity index (χ0n) is 29.3. The number of oxazole rings is 1. The van der Waals surface area contributed by atoms with Crippen LogP contribution < -0.4 is 4.90 Å². The van der Waals surface area contributed by atoms with Crippen molar-refractivity contribution in [2.45, 2.75) is 0 Å². The van der Waals surface area contributed by atoms with E-state index < -0.39 is 0 Å². The van der Waals surface area contributed by atoms with Crippen LogP contribution in [0, 0.1) is 0 Å². The molecule has 0 aliphatic heterocycles. The van der Waals surface area contributed by atoms with Gasteiger partial charge in [-0.25, -0.2) is 4.98 Å². The summed E-state index contributed by atoms with van der Waals surface area (Å²) in [5.41, 5.74) is 11.8. The molecule has 8 aromatic carbocycles. The zero-order chi connectivity index (χ0) is 36.0. The first-order valence-electron chi connectivity index (χ1n) is 18.4. The van der Waals surface area contributed by atoms with Crippen molar-refractivity contribution in [2.24, 2.45) is 0 Å². The summed E-state index contributed by atoms with van der Waals surface area (Å²) in [4.78, 5) is 7.11. The predicted octanol–water partition coefficient (Wildman–Crippen LogP) is 13.9. The molecule has 0 aliphatic carbocycles. The topological polar surface area (TPSA) is 60.5 Å². The molecule has 0 unspecified atom stereocenters. The summed E-state index contributed by atoms with van der Waals surface area (Å²) in [5, 5.41) is 6.40. The van der Waals surface area contributed by atoms with Gasteiger partial charge in [-0.05, 0) is 78.9 Å². The van der Waals surface area contributed by atoms with Crippen LogP contribution in [0.15, 0.2) is 189 Å². The molecular formula is C49H29N3O3. The number of aromatic nitrogens is 2. The number of fused-ring (bicyclic) bond motifs is 11. The Bertz CT molecular complexity index is 3440. The molecule has 0 N–H and O–H groups in total. The molecule has 0 bridgehead atoms. The lowest BCUT2D eigenvalue weighted by Crippen LogP contribution is -2.10. The molecule has 0 atom stereocenters.